The van der Waals surface area contributed by atoms with E-state index in [-0.39, 0.29) is 30.1 Å². The van der Waals surface area contributed by atoms with E-state index in [1.807, 2.05) is 24.4 Å². The number of nitrogens with zero attached hydrogens (tertiary/aromatic N) is 2. The lowest BCUT2D eigenvalue weighted by Gasteiger charge is -2.35. The maximum atomic E-state index is 12.6. The summed E-state index contributed by atoms with van der Waals surface area (Å²) < 4.78 is 11.5. The molecule has 1 aromatic heterocycles. The SMILES string of the molecule is C[C@@H]1CN(CCC(=O)N[C@@H]2COC[C@H]2Cc2ccnc3ccccc23)C[C@H](C)O1. The zero-order valence-corrected chi connectivity index (χ0v) is 17.3. The maximum absolute atomic E-state index is 12.6. The highest BCUT2D eigenvalue weighted by molar-refractivity contribution is 5.82. The summed E-state index contributed by atoms with van der Waals surface area (Å²) in [5.41, 5.74) is 2.28. The lowest BCUT2D eigenvalue weighted by atomic mass is 9.93. The van der Waals surface area contributed by atoms with E-state index in [2.05, 4.69) is 41.2 Å². The fourth-order valence-electron chi connectivity index (χ4n) is 4.58. The molecule has 2 saturated heterocycles. The molecular formula is C23H31N3O3. The average molecular weight is 398 g/mol. The van der Waals surface area contributed by atoms with Crippen LogP contribution in [-0.2, 0) is 20.7 Å². The van der Waals surface area contributed by atoms with Crippen LogP contribution in [0.15, 0.2) is 36.5 Å². The van der Waals surface area contributed by atoms with Crippen molar-refractivity contribution in [1.29, 1.82) is 0 Å². The zero-order valence-electron chi connectivity index (χ0n) is 17.3. The first-order valence-corrected chi connectivity index (χ1v) is 10.7. The first kappa shape index (κ1) is 20.3. The Bertz CT molecular complexity index is 828. The van der Waals surface area contributed by atoms with Crippen LogP contribution >= 0.6 is 0 Å². The van der Waals surface area contributed by atoms with Crippen molar-refractivity contribution in [2.45, 2.75) is 44.9 Å². The predicted molar refractivity (Wildman–Crippen MR) is 113 cm³/mol. The van der Waals surface area contributed by atoms with Gasteiger partial charge in [0, 0.05) is 43.6 Å². The number of hydrogen-bond acceptors (Lipinski definition) is 5. The van der Waals surface area contributed by atoms with E-state index in [0.717, 1.165) is 31.6 Å². The molecule has 1 aromatic carbocycles. The van der Waals surface area contributed by atoms with Crippen molar-refractivity contribution in [3.8, 4) is 0 Å². The molecule has 2 fully saturated rings. The highest BCUT2D eigenvalue weighted by Crippen LogP contribution is 2.24. The second kappa shape index (κ2) is 9.20. The van der Waals surface area contributed by atoms with E-state index < -0.39 is 0 Å². The van der Waals surface area contributed by atoms with Crippen LogP contribution in [0.5, 0.6) is 0 Å². The van der Waals surface area contributed by atoms with Crippen LogP contribution in [-0.4, -0.2) is 66.9 Å². The number of pyridine rings is 1. The number of rotatable bonds is 6. The number of benzene rings is 1. The lowest BCUT2D eigenvalue weighted by Crippen LogP contribution is -2.47. The number of hydrogen-bond donors (Lipinski definition) is 1. The Morgan fingerprint density at radius 2 is 1.97 bits per heavy atom. The number of amides is 1. The first-order chi connectivity index (χ1) is 14.1. The molecule has 156 valence electrons. The summed E-state index contributed by atoms with van der Waals surface area (Å²) >= 11 is 0. The summed E-state index contributed by atoms with van der Waals surface area (Å²) in [6.07, 6.45) is 3.72. The van der Waals surface area contributed by atoms with Crippen molar-refractivity contribution >= 4 is 16.8 Å². The molecule has 2 aromatic rings. The standard InChI is InChI=1S/C23H31N3O3/c1-16-12-26(13-17(2)29-16)10-8-23(27)25-22-15-28-14-19(22)11-18-7-9-24-21-6-4-3-5-20(18)21/h3-7,9,16-17,19,22H,8,10-15H2,1-2H3,(H,25,27)/t16-,17+,19-,22-/m1/s1. The van der Waals surface area contributed by atoms with Crippen LogP contribution in [0.25, 0.3) is 10.9 Å². The first-order valence-electron chi connectivity index (χ1n) is 10.7. The fraction of sp³-hybridized carbons (Fsp3) is 0.565. The molecule has 4 atom stereocenters. The molecule has 1 N–H and O–H groups in total. The molecule has 2 aliphatic heterocycles. The van der Waals surface area contributed by atoms with Gasteiger partial charge in [-0.25, -0.2) is 0 Å². The Morgan fingerprint density at radius 1 is 1.17 bits per heavy atom. The highest BCUT2D eigenvalue weighted by atomic mass is 16.5. The van der Waals surface area contributed by atoms with Crippen LogP contribution < -0.4 is 5.32 Å². The van der Waals surface area contributed by atoms with Crippen LogP contribution in [0, 0.1) is 5.92 Å². The summed E-state index contributed by atoms with van der Waals surface area (Å²) in [4.78, 5) is 19.4. The minimum Gasteiger partial charge on any atom is -0.379 e. The molecule has 0 radical (unpaired) electrons. The van der Waals surface area contributed by atoms with Gasteiger partial charge in [0.25, 0.3) is 0 Å². The van der Waals surface area contributed by atoms with Gasteiger partial charge in [0.05, 0.1) is 37.0 Å². The number of carbonyl (C=O) groups excluding carboxylic acids is 1. The third-order valence-corrected chi connectivity index (χ3v) is 5.92. The number of carbonyl (C=O) groups is 1. The molecular weight excluding hydrogens is 366 g/mol. The zero-order chi connectivity index (χ0) is 20.2. The van der Waals surface area contributed by atoms with Gasteiger partial charge < -0.3 is 14.8 Å². The number of para-hydroxylation sites is 1. The highest BCUT2D eigenvalue weighted by Gasteiger charge is 2.30. The molecule has 2 aliphatic rings. The van der Waals surface area contributed by atoms with Gasteiger partial charge in [-0.05, 0) is 38.0 Å². The quantitative estimate of drug-likeness (QED) is 0.811. The van der Waals surface area contributed by atoms with E-state index in [9.17, 15) is 4.79 Å². The van der Waals surface area contributed by atoms with Crippen molar-refractivity contribution in [3.05, 3.63) is 42.1 Å². The van der Waals surface area contributed by atoms with Gasteiger partial charge in [0.2, 0.25) is 5.91 Å². The Balaban J connectivity index is 1.32. The van der Waals surface area contributed by atoms with Crippen molar-refractivity contribution in [2.75, 3.05) is 32.8 Å². The van der Waals surface area contributed by atoms with Gasteiger partial charge in [-0.3, -0.25) is 14.7 Å². The van der Waals surface area contributed by atoms with E-state index in [1.165, 1.54) is 10.9 Å². The largest absolute Gasteiger partial charge is 0.379 e. The van der Waals surface area contributed by atoms with E-state index in [1.54, 1.807) is 0 Å². The summed E-state index contributed by atoms with van der Waals surface area (Å²) in [6, 6.07) is 10.4. The minimum absolute atomic E-state index is 0.0666. The van der Waals surface area contributed by atoms with Crippen molar-refractivity contribution in [3.63, 3.8) is 0 Å². The summed E-state index contributed by atoms with van der Waals surface area (Å²) in [5, 5.41) is 4.40. The summed E-state index contributed by atoms with van der Waals surface area (Å²) in [7, 11) is 0. The Morgan fingerprint density at radius 3 is 2.79 bits per heavy atom. The minimum atomic E-state index is 0.0666. The summed E-state index contributed by atoms with van der Waals surface area (Å²) in [6.45, 7) is 8.00. The number of nitrogens with one attached hydrogen (secondary N) is 1. The van der Waals surface area contributed by atoms with Gasteiger partial charge in [-0.15, -0.1) is 0 Å². The average Bonchev–Trinajstić information content (AvgIpc) is 3.12. The van der Waals surface area contributed by atoms with Crippen LogP contribution in [0.2, 0.25) is 0 Å². The van der Waals surface area contributed by atoms with Crippen LogP contribution in [0.1, 0.15) is 25.8 Å². The molecule has 0 aliphatic carbocycles. The molecule has 1 amide bonds. The number of aromatic nitrogens is 1. The molecule has 6 nitrogen and oxygen atoms in total. The third kappa shape index (κ3) is 5.13. The number of ether oxygens (including phenoxy) is 2. The normalized spacial score (nSPS) is 27.9. The van der Waals surface area contributed by atoms with Gasteiger partial charge in [-0.2, -0.15) is 0 Å². The van der Waals surface area contributed by atoms with Crippen LogP contribution in [0.4, 0.5) is 0 Å². The smallest absolute Gasteiger partial charge is 0.221 e. The fourth-order valence-corrected chi connectivity index (χ4v) is 4.58. The third-order valence-electron chi connectivity index (χ3n) is 5.92. The number of morpholine rings is 1. The Labute approximate surface area is 172 Å². The molecule has 4 rings (SSSR count). The Kier molecular flexibility index (Phi) is 6.43. The Hall–Kier alpha value is -2.02. The molecule has 6 heteroatoms. The van der Waals surface area contributed by atoms with Gasteiger partial charge in [0.1, 0.15) is 0 Å². The van der Waals surface area contributed by atoms with Crippen molar-refractivity contribution in [2.24, 2.45) is 5.92 Å². The molecule has 29 heavy (non-hydrogen) atoms. The number of fused-ring (bicyclic) bond motifs is 1. The molecule has 0 spiro atoms. The topological polar surface area (TPSA) is 63.7 Å². The van der Waals surface area contributed by atoms with Gasteiger partial charge in [0.15, 0.2) is 0 Å². The van der Waals surface area contributed by atoms with Crippen LogP contribution in [0.3, 0.4) is 0 Å². The second-order valence-corrected chi connectivity index (χ2v) is 8.43. The summed E-state index contributed by atoms with van der Waals surface area (Å²) in [5.74, 6) is 0.394. The van der Waals surface area contributed by atoms with Crippen molar-refractivity contribution < 1.29 is 14.3 Å². The van der Waals surface area contributed by atoms with E-state index >= 15 is 0 Å². The van der Waals surface area contributed by atoms with Gasteiger partial charge >= 0.3 is 0 Å². The van der Waals surface area contributed by atoms with E-state index in [4.69, 9.17) is 9.47 Å². The molecule has 3 heterocycles. The van der Waals surface area contributed by atoms with E-state index in [0.29, 0.717) is 19.6 Å². The van der Waals surface area contributed by atoms with Gasteiger partial charge in [-0.1, -0.05) is 18.2 Å². The second-order valence-electron chi connectivity index (χ2n) is 8.43. The molecule has 0 saturated carbocycles. The monoisotopic (exact) mass is 397 g/mol. The predicted octanol–water partition coefficient (Wildman–Crippen LogP) is 2.41. The van der Waals surface area contributed by atoms with Crippen molar-refractivity contribution in [1.82, 2.24) is 15.2 Å². The molecule has 0 unspecified atom stereocenters. The molecule has 0 bridgehead atoms. The lowest BCUT2D eigenvalue weighted by molar-refractivity contribution is -0.123. The maximum Gasteiger partial charge on any atom is 0.221 e.